The average molecular weight is 294 g/mol. The molecule has 2 rings (SSSR count). The summed E-state index contributed by atoms with van der Waals surface area (Å²) in [6, 6.07) is 3.49. The van der Waals surface area contributed by atoms with Crippen molar-refractivity contribution >= 4 is 23.5 Å². The highest BCUT2D eigenvalue weighted by atomic mass is 19.1. The van der Waals surface area contributed by atoms with Gasteiger partial charge in [0, 0.05) is 18.5 Å². The minimum absolute atomic E-state index is 0.0807. The quantitative estimate of drug-likeness (QED) is 0.861. The molecule has 2 N–H and O–H groups in total. The first kappa shape index (κ1) is 15.0. The molecule has 112 valence electrons. The van der Waals surface area contributed by atoms with E-state index in [9.17, 15) is 18.8 Å². The molecule has 21 heavy (non-hydrogen) atoms. The van der Waals surface area contributed by atoms with Crippen LogP contribution in [-0.2, 0) is 9.59 Å². The van der Waals surface area contributed by atoms with Crippen molar-refractivity contribution in [3.8, 4) is 0 Å². The van der Waals surface area contributed by atoms with Crippen LogP contribution < -0.4 is 5.32 Å². The smallest absolute Gasteiger partial charge is 0.323 e. The lowest BCUT2D eigenvalue weighted by Gasteiger charge is -2.20. The number of amides is 2. The van der Waals surface area contributed by atoms with Crippen molar-refractivity contribution in [3.05, 3.63) is 29.6 Å². The SMILES string of the molecule is CC(=O)Nc1cc(C(=O)N(CC(=O)O)C2CC2)ccc1F. The Bertz CT molecular complexity index is 599. The number of carboxylic acid groups (broad SMARTS) is 1. The second kappa shape index (κ2) is 5.90. The number of hydrogen-bond donors (Lipinski definition) is 2. The fourth-order valence-corrected chi connectivity index (χ4v) is 2.01. The van der Waals surface area contributed by atoms with E-state index in [1.54, 1.807) is 0 Å². The van der Waals surface area contributed by atoms with Gasteiger partial charge in [-0.15, -0.1) is 0 Å². The number of halogens is 1. The van der Waals surface area contributed by atoms with Crippen LogP contribution in [0.3, 0.4) is 0 Å². The molecule has 0 saturated heterocycles. The Kier molecular flexibility index (Phi) is 4.21. The summed E-state index contributed by atoms with van der Waals surface area (Å²) in [7, 11) is 0. The summed E-state index contributed by atoms with van der Waals surface area (Å²) in [5, 5.41) is 11.2. The van der Waals surface area contributed by atoms with Crippen LogP contribution in [0.5, 0.6) is 0 Å². The van der Waals surface area contributed by atoms with Gasteiger partial charge in [0.15, 0.2) is 0 Å². The highest BCUT2D eigenvalue weighted by Crippen LogP contribution is 2.28. The number of benzene rings is 1. The summed E-state index contributed by atoms with van der Waals surface area (Å²) >= 11 is 0. The average Bonchev–Trinajstić information content (AvgIpc) is 3.21. The predicted octanol–water partition coefficient (Wildman–Crippen LogP) is 1.47. The third kappa shape index (κ3) is 3.77. The predicted molar refractivity (Wildman–Crippen MR) is 72.4 cm³/mol. The van der Waals surface area contributed by atoms with Crippen LogP contribution in [0.25, 0.3) is 0 Å². The van der Waals surface area contributed by atoms with Gasteiger partial charge in [-0.25, -0.2) is 4.39 Å². The first-order valence-corrected chi connectivity index (χ1v) is 6.48. The Morgan fingerprint density at radius 1 is 1.38 bits per heavy atom. The molecule has 0 aromatic heterocycles. The van der Waals surface area contributed by atoms with Crippen molar-refractivity contribution < 1.29 is 23.9 Å². The Hall–Kier alpha value is -2.44. The maximum atomic E-state index is 13.5. The van der Waals surface area contributed by atoms with Gasteiger partial charge in [0.1, 0.15) is 12.4 Å². The minimum Gasteiger partial charge on any atom is -0.480 e. The van der Waals surface area contributed by atoms with Crippen molar-refractivity contribution in [2.75, 3.05) is 11.9 Å². The number of nitrogens with one attached hydrogen (secondary N) is 1. The zero-order valence-electron chi connectivity index (χ0n) is 11.4. The third-order valence-corrected chi connectivity index (χ3v) is 3.08. The molecule has 0 atom stereocenters. The van der Waals surface area contributed by atoms with E-state index >= 15 is 0 Å². The van der Waals surface area contributed by atoms with E-state index in [1.807, 2.05) is 0 Å². The number of carboxylic acids is 1. The van der Waals surface area contributed by atoms with Crippen LogP contribution in [-0.4, -0.2) is 40.4 Å². The van der Waals surface area contributed by atoms with Gasteiger partial charge >= 0.3 is 5.97 Å². The van der Waals surface area contributed by atoms with E-state index in [0.29, 0.717) is 0 Å². The number of carbonyl (C=O) groups excluding carboxylic acids is 2. The molecule has 0 aliphatic heterocycles. The van der Waals surface area contributed by atoms with E-state index in [0.717, 1.165) is 18.9 Å². The molecule has 1 fully saturated rings. The Labute approximate surface area is 120 Å². The number of nitrogens with zero attached hydrogens (tertiary/aromatic N) is 1. The van der Waals surface area contributed by atoms with Gasteiger partial charge in [0.05, 0.1) is 5.69 Å². The molecule has 2 amide bonds. The number of aliphatic carboxylic acids is 1. The zero-order valence-corrected chi connectivity index (χ0v) is 11.4. The maximum Gasteiger partial charge on any atom is 0.323 e. The number of carbonyl (C=O) groups is 3. The van der Waals surface area contributed by atoms with E-state index in [-0.39, 0.29) is 17.3 Å². The summed E-state index contributed by atoms with van der Waals surface area (Å²) in [5.41, 5.74) is 0.0488. The summed E-state index contributed by atoms with van der Waals surface area (Å²) in [4.78, 5) is 35.4. The molecule has 0 radical (unpaired) electrons. The monoisotopic (exact) mass is 294 g/mol. The highest BCUT2D eigenvalue weighted by molar-refractivity contribution is 5.98. The van der Waals surface area contributed by atoms with Crippen molar-refractivity contribution in [3.63, 3.8) is 0 Å². The van der Waals surface area contributed by atoms with Crippen LogP contribution >= 0.6 is 0 Å². The first-order chi connectivity index (χ1) is 9.88. The summed E-state index contributed by atoms with van der Waals surface area (Å²) in [6.07, 6.45) is 1.53. The molecule has 1 saturated carbocycles. The van der Waals surface area contributed by atoms with Gasteiger partial charge in [0.25, 0.3) is 5.91 Å². The first-order valence-electron chi connectivity index (χ1n) is 6.48. The van der Waals surface area contributed by atoms with E-state index in [1.165, 1.54) is 24.0 Å². The lowest BCUT2D eigenvalue weighted by Crippen LogP contribution is -2.37. The standard InChI is InChI=1S/C14H15FN2O4/c1-8(18)16-12-6-9(2-5-11(12)15)14(21)17(7-13(19)20)10-3-4-10/h2,5-6,10H,3-4,7H2,1H3,(H,16,18)(H,19,20). The molecule has 0 heterocycles. The topological polar surface area (TPSA) is 86.7 Å². The van der Waals surface area contributed by atoms with Gasteiger partial charge in [-0.1, -0.05) is 0 Å². The van der Waals surface area contributed by atoms with Crippen molar-refractivity contribution in [1.82, 2.24) is 4.90 Å². The fourth-order valence-electron chi connectivity index (χ4n) is 2.01. The molecule has 1 aromatic carbocycles. The number of hydrogen-bond acceptors (Lipinski definition) is 3. The maximum absolute atomic E-state index is 13.5. The summed E-state index contributed by atoms with van der Waals surface area (Å²) < 4.78 is 13.5. The van der Waals surface area contributed by atoms with Gasteiger partial charge in [-0.3, -0.25) is 14.4 Å². The third-order valence-electron chi connectivity index (χ3n) is 3.08. The van der Waals surface area contributed by atoms with Crippen molar-refractivity contribution in [1.29, 1.82) is 0 Å². The van der Waals surface area contributed by atoms with E-state index in [2.05, 4.69) is 5.32 Å². The Morgan fingerprint density at radius 2 is 2.05 bits per heavy atom. The second-order valence-corrected chi connectivity index (χ2v) is 4.93. The Balaban J connectivity index is 2.24. The lowest BCUT2D eigenvalue weighted by atomic mass is 10.1. The van der Waals surface area contributed by atoms with Crippen LogP contribution in [0.2, 0.25) is 0 Å². The van der Waals surface area contributed by atoms with Crippen LogP contribution in [0.1, 0.15) is 30.1 Å². The van der Waals surface area contributed by atoms with Crippen LogP contribution in [0.15, 0.2) is 18.2 Å². The van der Waals surface area contributed by atoms with Gasteiger partial charge in [-0.05, 0) is 31.0 Å². The van der Waals surface area contributed by atoms with Crippen molar-refractivity contribution in [2.24, 2.45) is 0 Å². The number of anilines is 1. The molecular weight excluding hydrogens is 279 g/mol. The van der Waals surface area contributed by atoms with Crippen molar-refractivity contribution in [2.45, 2.75) is 25.8 Å². The molecule has 0 spiro atoms. The number of rotatable bonds is 5. The molecule has 1 aliphatic carbocycles. The van der Waals surface area contributed by atoms with Gasteiger partial charge < -0.3 is 15.3 Å². The molecule has 1 aliphatic rings. The molecule has 0 unspecified atom stereocenters. The fraction of sp³-hybridized carbons (Fsp3) is 0.357. The molecule has 0 bridgehead atoms. The largest absolute Gasteiger partial charge is 0.480 e. The zero-order chi connectivity index (χ0) is 15.6. The van der Waals surface area contributed by atoms with Gasteiger partial charge in [-0.2, -0.15) is 0 Å². The highest BCUT2D eigenvalue weighted by Gasteiger charge is 2.34. The summed E-state index contributed by atoms with van der Waals surface area (Å²) in [5.74, 6) is -2.69. The van der Waals surface area contributed by atoms with Crippen LogP contribution in [0, 0.1) is 5.82 Å². The van der Waals surface area contributed by atoms with Crippen LogP contribution in [0.4, 0.5) is 10.1 Å². The molecular formula is C14H15FN2O4. The Morgan fingerprint density at radius 3 is 2.57 bits per heavy atom. The minimum atomic E-state index is -1.10. The molecule has 6 nitrogen and oxygen atoms in total. The van der Waals surface area contributed by atoms with E-state index in [4.69, 9.17) is 5.11 Å². The lowest BCUT2D eigenvalue weighted by molar-refractivity contribution is -0.137. The normalized spacial score (nSPS) is 13.6. The van der Waals surface area contributed by atoms with Gasteiger partial charge in [0.2, 0.25) is 5.91 Å². The second-order valence-electron chi connectivity index (χ2n) is 4.93. The molecule has 1 aromatic rings. The van der Waals surface area contributed by atoms with E-state index < -0.39 is 30.1 Å². The summed E-state index contributed by atoms with van der Waals surface area (Å²) in [6.45, 7) is 0.839. The molecule has 7 heteroatoms.